The molecule has 1 unspecified atom stereocenters. The maximum absolute atomic E-state index is 6.23. The van der Waals surface area contributed by atoms with Gasteiger partial charge in [0.05, 0.1) is 6.04 Å². The van der Waals surface area contributed by atoms with E-state index in [9.17, 15) is 0 Å². The molecule has 0 fully saturated rings. The van der Waals surface area contributed by atoms with Gasteiger partial charge in [-0.25, -0.2) is 0 Å². The monoisotopic (exact) mass is 221 g/mol. The van der Waals surface area contributed by atoms with Crippen LogP contribution in [-0.4, -0.2) is 0 Å². The van der Waals surface area contributed by atoms with Crippen molar-refractivity contribution in [2.45, 2.75) is 26.8 Å². The van der Waals surface area contributed by atoms with Crippen LogP contribution in [0.2, 0.25) is 0 Å². The fraction of sp³-hybridized carbons (Fsp3) is 0.333. The van der Waals surface area contributed by atoms with E-state index in [1.165, 1.54) is 10.4 Å². The Balaban J connectivity index is 2.46. The van der Waals surface area contributed by atoms with Gasteiger partial charge in [0, 0.05) is 10.4 Å². The highest BCUT2D eigenvalue weighted by Gasteiger charge is 2.19. The van der Waals surface area contributed by atoms with E-state index in [0.29, 0.717) is 0 Å². The van der Waals surface area contributed by atoms with Gasteiger partial charge in [0.2, 0.25) is 0 Å². The van der Waals surface area contributed by atoms with E-state index in [-0.39, 0.29) is 6.04 Å². The normalized spacial score (nSPS) is 13.1. The van der Waals surface area contributed by atoms with Crippen molar-refractivity contribution in [2.24, 2.45) is 5.73 Å². The molecule has 0 saturated carbocycles. The van der Waals surface area contributed by atoms with Crippen molar-refractivity contribution >= 4 is 11.3 Å². The quantitative estimate of drug-likeness (QED) is 0.845. The maximum Gasteiger partial charge on any atom is 0.106 e. The van der Waals surface area contributed by atoms with Crippen molar-refractivity contribution in [2.75, 3.05) is 0 Å². The summed E-state index contributed by atoms with van der Waals surface area (Å²) in [4.78, 5) is 1.18. The first kappa shape index (κ1) is 10.5. The lowest BCUT2D eigenvalue weighted by Crippen LogP contribution is -2.11. The lowest BCUT2D eigenvalue weighted by molar-refractivity contribution is 0.498. The summed E-state index contributed by atoms with van der Waals surface area (Å²) in [5.74, 6) is 1.90. The molecule has 1 atom stereocenters. The molecule has 2 heterocycles. The molecule has 0 aliphatic rings. The van der Waals surface area contributed by atoms with Crippen molar-refractivity contribution in [1.82, 2.24) is 0 Å². The molecule has 0 aliphatic heterocycles. The highest BCUT2D eigenvalue weighted by atomic mass is 32.1. The maximum atomic E-state index is 6.23. The van der Waals surface area contributed by atoms with Crippen LogP contribution in [-0.2, 0) is 0 Å². The Morgan fingerprint density at radius 3 is 2.47 bits per heavy atom. The number of thiophene rings is 1. The average molecular weight is 221 g/mol. The van der Waals surface area contributed by atoms with Crippen LogP contribution in [0.1, 0.15) is 33.6 Å². The number of hydrogen-bond acceptors (Lipinski definition) is 3. The third kappa shape index (κ3) is 1.73. The second-order valence-electron chi connectivity index (χ2n) is 3.75. The summed E-state index contributed by atoms with van der Waals surface area (Å²) in [6, 6.07) is 4.04. The van der Waals surface area contributed by atoms with Crippen LogP contribution in [0.15, 0.2) is 21.9 Å². The summed E-state index contributed by atoms with van der Waals surface area (Å²) in [6.45, 7) is 6.02. The topological polar surface area (TPSA) is 39.2 Å². The number of aryl methyl sites for hydroxylation is 2. The van der Waals surface area contributed by atoms with Gasteiger partial charge in [-0.1, -0.05) is 6.07 Å². The molecule has 2 aromatic rings. The number of hydrogen-bond donors (Lipinski definition) is 1. The van der Waals surface area contributed by atoms with E-state index in [1.807, 2.05) is 25.3 Å². The van der Waals surface area contributed by atoms with Crippen LogP contribution in [0, 0.1) is 20.8 Å². The molecule has 3 heteroatoms. The van der Waals surface area contributed by atoms with E-state index in [4.69, 9.17) is 10.2 Å². The largest absolute Gasteiger partial charge is 0.466 e. The molecule has 0 amide bonds. The van der Waals surface area contributed by atoms with Gasteiger partial charge in [0.25, 0.3) is 0 Å². The SMILES string of the molecule is Cc1oc(C)c(C(N)c2cccs2)c1C. The Labute approximate surface area is 93.7 Å². The van der Waals surface area contributed by atoms with Gasteiger partial charge in [-0.05, 0) is 37.8 Å². The van der Waals surface area contributed by atoms with Crippen LogP contribution < -0.4 is 5.73 Å². The van der Waals surface area contributed by atoms with E-state index < -0.39 is 0 Å². The van der Waals surface area contributed by atoms with Gasteiger partial charge in [-0.2, -0.15) is 0 Å². The van der Waals surface area contributed by atoms with E-state index in [0.717, 1.165) is 17.1 Å². The molecule has 2 nitrogen and oxygen atoms in total. The predicted octanol–water partition coefficient (Wildman–Crippen LogP) is 3.31. The van der Waals surface area contributed by atoms with Gasteiger partial charge in [0.1, 0.15) is 11.5 Å². The minimum atomic E-state index is -0.0533. The summed E-state index contributed by atoms with van der Waals surface area (Å²) in [6.07, 6.45) is 0. The first-order valence-electron chi connectivity index (χ1n) is 4.96. The van der Waals surface area contributed by atoms with E-state index in [2.05, 4.69) is 13.0 Å². The summed E-state index contributed by atoms with van der Waals surface area (Å²) in [5.41, 5.74) is 8.53. The molecule has 0 aromatic carbocycles. The summed E-state index contributed by atoms with van der Waals surface area (Å²) in [7, 11) is 0. The van der Waals surface area contributed by atoms with Crippen LogP contribution in [0.25, 0.3) is 0 Å². The molecule has 15 heavy (non-hydrogen) atoms. The molecule has 0 spiro atoms. The molecule has 2 rings (SSSR count). The third-order valence-electron chi connectivity index (χ3n) is 2.78. The number of rotatable bonds is 2. The zero-order chi connectivity index (χ0) is 11.0. The number of nitrogens with two attached hydrogens (primary N) is 1. The summed E-state index contributed by atoms with van der Waals surface area (Å²) in [5, 5.41) is 2.05. The molecule has 0 radical (unpaired) electrons. The van der Waals surface area contributed by atoms with Crippen molar-refractivity contribution in [3.05, 3.63) is 45.0 Å². The third-order valence-corrected chi connectivity index (χ3v) is 3.73. The zero-order valence-corrected chi connectivity index (χ0v) is 10.0. The molecule has 80 valence electrons. The minimum Gasteiger partial charge on any atom is -0.466 e. The van der Waals surface area contributed by atoms with Crippen LogP contribution in [0.5, 0.6) is 0 Å². The Morgan fingerprint density at radius 1 is 1.27 bits per heavy atom. The second-order valence-corrected chi connectivity index (χ2v) is 4.73. The lowest BCUT2D eigenvalue weighted by Gasteiger charge is -2.09. The Morgan fingerprint density at radius 2 is 2.00 bits per heavy atom. The average Bonchev–Trinajstić information content (AvgIpc) is 2.76. The Kier molecular flexibility index (Phi) is 2.67. The predicted molar refractivity (Wildman–Crippen MR) is 63.3 cm³/mol. The van der Waals surface area contributed by atoms with Crippen LogP contribution in [0.3, 0.4) is 0 Å². The molecule has 2 aromatic heterocycles. The first-order chi connectivity index (χ1) is 7.11. The fourth-order valence-corrected chi connectivity index (χ4v) is 2.61. The standard InChI is InChI=1S/C12H15NOS/c1-7-8(2)14-9(3)11(7)12(13)10-5-4-6-15-10/h4-6,12H,13H2,1-3H3. The molecular formula is C12H15NOS. The molecule has 0 aliphatic carbocycles. The fourth-order valence-electron chi connectivity index (χ4n) is 1.88. The van der Waals surface area contributed by atoms with E-state index >= 15 is 0 Å². The molecule has 0 saturated heterocycles. The number of furan rings is 1. The zero-order valence-electron chi connectivity index (χ0n) is 9.20. The van der Waals surface area contributed by atoms with Gasteiger partial charge >= 0.3 is 0 Å². The van der Waals surface area contributed by atoms with E-state index in [1.54, 1.807) is 11.3 Å². The highest BCUT2D eigenvalue weighted by molar-refractivity contribution is 7.10. The lowest BCUT2D eigenvalue weighted by atomic mass is 10.0. The molecular weight excluding hydrogens is 206 g/mol. The minimum absolute atomic E-state index is 0.0533. The summed E-state index contributed by atoms with van der Waals surface area (Å²) >= 11 is 1.69. The van der Waals surface area contributed by atoms with Crippen molar-refractivity contribution in [3.8, 4) is 0 Å². The van der Waals surface area contributed by atoms with Crippen molar-refractivity contribution in [1.29, 1.82) is 0 Å². The summed E-state index contributed by atoms with van der Waals surface area (Å²) < 4.78 is 5.59. The first-order valence-corrected chi connectivity index (χ1v) is 5.84. The second kappa shape index (κ2) is 3.83. The van der Waals surface area contributed by atoms with Gasteiger partial charge < -0.3 is 10.2 Å². The smallest absolute Gasteiger partial charge is 0.106 e. The van der Waals surface area contributed by atoms with Crippen LogP contribution >= 0.6 is 11.3 Å². The van der Waals surface area contributed by atoms with Gasteiger partial charge in [-0.3, -0.25) is 0 Å². The van der Waals surface area contributed by atoms with Crippen molar-refractivity contribution in [3.63, 3.8) is 0 Å². The van der Waals surface area contributed by atoms with Crippen LogP contribution in [0.4, 0.5) is 0 Å². The molecule has 2 N–H and O–H groups in total. The Hall–Kier alpha value is -1.06. The Bertz CT molecular complexity index is 456. The van der Waals surface area contributed by atoms with Gasteiger partial charge in [-0.15, -0.1) is 11.3 Å². The van der Waals surface area contributed by atoms with Crippen molar-refractivity contribution < 1.29 is 4.42 Å². The highest BCUT2D eigenvalue weighted by Crippen LogP contribution is 2.31. The molecule has 0 bridgehead atoms. The van der Waals surface area contributed by atoms with Gasteiger partial charge in [0.15, 0.2) is 0 Å².